The SMILES string of the molecule is O=C(NNc1ncnc(Nc2ccncc2)c1[N+](=O)[O-])c1ccc(F)cc1. The number of carbonyl (C=O) groups is 1. The van der Waals surface area contributed by atoms with Gasteiger partial charge in [-0.2, -0.15) is 0 Å². The Morgan fingerprint density at radius 2 is 1.70 bits per heavy atom. The summed E-state index contributed by atoms with van der Waals surface area (Å²) in [5.41, 5.74) is 4.91. The highest BCUT2D eigenvalue weighted by Crippen LogP contribution is 2.30. The fourth-order valence-corrected chi connectivity index (χ4v) is 2.10. The molecule has 2 aromatic heterocycles. The van der Waals surface area contributed by atoms with Crippen molar-refractivity contribution in [1.82, 2.24) is 20.4 Å². The summed E-state index contributed by atoms with van der Waals surface area (Å²) in [7, 11) is 0. The van der Waals surface area contributed by atoms with Crippen LogP contribution in [0.4, 0.5) is 27.4 Å². The normalized spacial score (nSPS) is 10.1. The molecule has 0 radical (unpaired) electrons. The molecule has 1 amide bonds. The number of amides is 1. The van der Waals surface area contributed by atoms with Crippen LogP contribution in [-0.4, -0.2) is 25.8 Å². The number of anilines is 3. The number of hydrogen-bond donors (Lipinski definition) is 3. The molecule has 0 aliphatic rings. The largest absolute Gasteiger partial charge is 0.355 e. The van der Waals surface area contributed by atoms with Gasteiger partial charge in [-0.05, 0) is 36.4 Å². The number of pyridine rings is 1. The number of nitro groups is 1. The molecule has 10 nitrogen and oxygen atoms in total. The molecule has 136 valence electrons. The second-order valence-electron chi connectivity index (χ2n) is 5.12. The van der Waals surface area contributed by atoms with Gasteiger partial charge in [-0.25, -0.2) is 14.4 Å². The number of hydrazine groups is 1. The van der Waals surface area contributed by atoms with Gasteiger partial charge in [0.15, 0.2) is 0 Å². The molecule has 27 heavy (non-hydrogen) atoms. The van der Waals surface area contributed by atoms with E-state index in [0.717, 1.165) is 18.5 Å². The first kappa shape index (κ1) is 17.7. The average Bonchev–Trinajstić information content (AvgIpc) is 2.67. The Hall–Kier alpha value is -4.15. The maximum Gasteiger partial charge on any atom is 0.355 e. The maximum absolute atomic E-state index is 12.9. The van der Waals surface area contributed by atoms with Crippen LogP contribution < -0.4 is 16.2 Å². The summed E-state index contributed by atoms with van der Waals surface area (Å²) in [6, 6.07) is 8.01. The lowest BCUT2D eigenvalue weighted by atomic mass is 10.2. The Kier molecular flexibility index (Phi) is 5.12. The van der Waals surface area contributed by atoms with E-state index < -0.39 is 22.3 Å². The van der Waals surface area contributed by atoms with Crippen molar-refractivity contribution in [2.24, 2.45) is 0 Å². The summed E-state index contributed by atoms with van der Waals surface area (Å²) >= 11 is 0. The Balaban J connectivity index is 1.80. The zero-order valence-electron chi connectivity index (χ0n) is 13.6. The van der Waals surface area contributed by atoms with Crippen molar-refractivity contribution in [2.45, 2.75) is 0 Å². The molecule has 0 atom stereocenters. The minimum Gasteiger partial charge on any atom is -0.334 e. The maximum atomic E-state index is 12.9. The molecule has 3 N–H and O–H groups in total. The Labute approximate surface area is 151 Å². The van der Waals surface area contributed by atoms with Gasteiger partial charge in [0.05, 0.1) is 4.92 Å². The van der Waals surface area contributed by atoms with E-state index in [4.69, 9.17) is 0 Å². The summed E-state index contributed by atoms with van der Waals surface area (Å²) in [4.78, 5) is 34.4. The summed E-state index contributed by atoms with van der Waals surface area (Å²) in [6.07, 6.45) is 4.12. The highest BCUT2D eigenvalue weighted by molar-refractivity contribution is 5.95. The lowest BCUT2D eigenvalue weighted by molar-refractivity contribution is -0.383. The monoisotopic (exact) mass is 369 g/mol. The van der Waals surface area contributed by atoms with Crippen LogP contribution in [0.3, 0.4) is 0 Å². The third-order valence-electron chi connectivity index (χ3n) is 3.35. The number of nitrogens with zero attached hydrogens (tertiary/aromatic N) is 4. The molecule has 0 fully saturated rings. The fourth-order valence-electron chi connectivity index (χ4n) is 2.10. The molecule has 0 saturated heterocycles. The van der Waals surface area contributed by atoms with E-state index in [9.17, 15) is 19.3 Å². The molecular weight excluding hydrogens is 357 g/mol. The highest BCUT2D eigenvalue weighted by Gasteiger charge is 2.23. The van der Waals surface area contributed by atoms with Crippen LogP contribution in [0, 0.1) is 15.9 Å². The first-order chi connectivity index (χ1) is 13.0. The molecule has 0 aliphatic heterocycles. The smallest absolute Gasteiger partial charge is 0.334 e. The molecule has 3 rings (SSSR count). The number of hydrogen-bond acceptors (Lipinski definition) is 8. The van der Waals surface area contributed by atoms with Gasteiger partial charge >= 0.3 is 5.69 Å². The number of aromatic nitrogens is 3. The zero-order valence-corrected chi connectivity index (χ0v) is 13.6. The van der Waals surface area contributed by atoms with Crippen LogP contribution in [0.15, 0.2) is 55.1 Å². The molecule has 11 heteroatoms. The number of rotatable bonds is 6. The van der Waals surface area contributed by atoms with Gasteiger partial charge in [0, 0.05) is 23.6 Å². The minimum atomic E-state index is -0.685. The molecule has 3 aromatic rings. The highest BCUT2D eigenvalue weighted by atomic mass is 19.1. The summed E-state index contributed by atoms with van der Waals surface area (Å²) < 4.78 is 12.9. The Morgan fingerprint density at radius 1 is 1.04 bits per heavy atom. The van der Waals surface area contributed by atoms with E-state index in [1.807, 2.05) is 0 Å². The standard InChI is InChI=1S/C16H12FN7O3/c17-11-3-1-10(2-4-11)16(25)23-22-15-13(24(26)27)14(19-9-20-15)21-12-5-7-18-8-6-12/h1-9H,(H,23,25)(H2,18,19,20,21,22). The number of carbonyl (C=O) groups excluding carboxylic acids is 1. The van der Waals surface area contributed by atoms with Gasteiger partial charge in [-0.1, -0.05) is 0 Å². The second kappa shape index (κ2) is 7.82. The second-order valence-corrected chi connectivity index (χ2v) is 5.12. The molecule has 0 unspecified atom stereocenters. The fraction of sp³-hybridized carbons (Fsp3) is 0. The summed E-state index contributed by atoms with van der Waals surface area (Å²) in [6.45, 7) is 0. The topological polar surface area (TPSA) is 135 Å². The van der Waals surface area contributed by atoms with Crippen molar-refractivity contribution in [3.63, 3.8) is 0 Å². The van der Waals surface area contributed by atoms with Gasteiger partial charge in [0.1, 0.15) is 12.1 Å². The zero-order chi connectivity index (χ0) is 19.2. The first-order valence-electron chi connectivity index (χ1n) is 7.53. The van der Waals surface area contributed by atoms with Crippen LogP contribution in [-0.2, 0) is 0 Å². The number of halogens is 1. The summed E-state index contributed by atoms with van der Waals surface area (Å²) in [5.74, 6) is -1.40. The van der Waals surface area contributed by atoms with Gasteiger partial charge in [-0.15, -0.1) is 0 Å². The van der Waals surface area contributed by atoms with E-state index >= 15 is 0 Å². The predicted molar refractivity (Wildman–Crippen MR) is 93.7 cm³/mol. The van der Waals surface area contributed by atoms with E-state index in [1.165, 1.54) is 24.5 Å². The third kappa shape index (κ3) is 4.28. The van der Waals surface area contributed by atoms with Crippen LogP contribution in [0.2, 0.25) is 0 Å². The lowest BCUT2D eigenvalue weighted by Gasteiger charge is -2.11. The molecule has 0 spiro atoms. The average molecular weight is 369 g/mol. The van der Waals surface area contributed by atoms with Crippen molar-refractivity contribution < 1.29 is 14.1 Å². The molecular formula is C16H12FN7O3. The van der Waals surface area contributed by atoms with Crippen LogP contribution in [0.5, 0.6) is 0 Å². The molecule has 0 bridgehead atoms. The van der Waals surface area contributed by atoms with Crippen molar-refractivity contribution in [2.75, 3.05) is 10.7 Å². The van der Waals surface area contributed by atoms with E-state index in [-0.39, 0.29) is 17.2 Å². The van der Waals surface area contributed by atoms with Gasteiger partial charge < -0.3 is 5.32 Å². The van der Waals surface area contributed by atoms with Crippen LogP contribution in [0.1, 0.15) is 10.4 Å². The summed E-state index contributed by atoms with van der Waals surface area (Å²) in [5, 5.41) is 14.3. The molecule has 0 saturated carbocycles. The molecule has 0 aliphatic carbocycles. The van der Waals surface area contributed by atoms with E-state index in [2.05, 4.69) is 31.1 Å². The lowest BCUT2D eigenvalue weighted by Crippen LogP contribution is -2.30. The first-order valence-corrected chi connectivity index (χ1v) is 7.53. The Bertz CT molecular complexity index is 968. The van der Waals surface area contributed by atoms with E-state index in [0.29, 0.717) is 5.69 Å². The molecule has 2 heterocycles. The van der Waals surface area contributed by atoms with Crippen molar-refractivity contribution in [1.29, 1.82) is 0 Å². The van der Waals surface area contributed by atoms with Gasteiger partial charge in [0.2, 0.25) is 11.6 Å². The minimum absolute atomic E-state index is 0.0697. The predicted octanol–water partition coefficient (Wildman–Crippen LogP) is 2.42. The number of benzene rings is 1. The van der Waals surface area contributed by atoms with Gasteiger partial charge in [-0.3, -0.25) is 30.7 Å². The van der Waals surface area contributed by atoms with Crippen LogP contribution >= 0.6 is 0 Å². The Morgan fingerprint density at radius 3 is 2.37 bits per heavy atom. The van der Waals surface area contributed by atoms with Gasteiger partial charge in [0.25, 0.3) is 5.91 Å². The quantitative estimate of drug-likeness (QED) is 0.445. The van der Waals surface area contributed by atoms with E-state index in [1.54, 1.807) is 12.1 Å². The number of nitrogens with one attached hydrogen (secondary N) is 3. The van der Waals surface area contributed by atoms with Crippen molar-refractivity contribution >= 4 is 28.9 Å². The third-order valence-corrected chi connectivity index (χ3v) is 3.35. The van der Waals surface area contributed by atoms with Crippen LogP contribution in [0.25, 0.3) is 0 Å². The molecule has 1 aromatic carbocycles. The van der Waals surface area contributed by atoms with Crippen molar-refractivity contribution in [3.8, 4) is 0 Å². The van der Waals surface area contributed by atoms with Crippen molar-refractivity contribution in [3.05, 3.63) is 76.6 Å².